The molecule has 20 heavy (non-hydrogen) atoms. The summed E-state index contributed by atoms with van der Waals surface area (Å²) >= 11 is 0. The Hall–Kier alpha value is -1.94. The summed E-state index contributed by atoms with van der Waals surface area (Å²) in [6.07, 6.45) is 1.96. The van der Waals surface area contributed by atoms with Gasteiger partial charge < -0.3 is 10.2 Å². The van der Waals surface area contributed by atoms with Crippen molar-refractivity contribution in [2.24, 2.45) is 0 Å². The van der Waals surface area contributed by atoms with Crippen LogP contribution in [0, 0.1) is 13.8 Å². The first-order chi connectivity index (χ1) is 9.74. The van der Waals surface area contributed by atoms with Crippen molar-refractivity contribution in [3.8, 4) is 11.3 Å². The van der Waals surface area contributed by atoms with Gasteiger partial charge in [-0.1, -0.05) is 23.8 Å². The predicted octanol–water partition coefficient (Wildman–Crippen LogP) is 2.17. The van der Waals surface area contributed by atoms with Crippen molar-refractivity contribution < 1.29 is 0 Å². The van der Waals surface area contributed by atoms with E-state index in [1.807, 2.05) is 13.1 Å². The molecule has 0 unspecified atom stereocenters. The molecule has 0 spiro atoms. The Morgan fingerprint density at radius 1 is 1.15 bits per heavy atom. The fraction of sp³-hybridized carbons (Fsp3) is 0.375. The van der Waals surface area contributed by atoms with Gasteiger partial charge in [0.1, 0.15) is 5.82 Å². The minimum atomic E-state index is 0.820. The zero-order valence-electron chi connectivity index (χ0n) is 12.1. The van der Waals surface area contributed by atoms with Gasteiger partial charge in [0.15, 0.2) is 0 Å². The Labute approximate surface area is 119 Å². The lowest BCUT2D eigenvalue weighted by molar-refractivity contribution is 0.588. The van der Waals surface area contributed by atoms with Crippen LogP contribution in [0.4, 0.5) is 5.69 Å². The molecule has 1 fully saturated rings. The SMILES string of the molecule is Cc1cccc(-c2nc(C)ncc2N2CCNCC2)c1. The highest BCUT2D eigenvalue weighted by Gasteiger charge is 2.17. The second-order valence-corrected chi connectivity index (χ2v) is 5.26. The number of hydrogen-bond acceptors (Lipinski definition) is 4. The molecule has 0 atom stereocenters. The van der Waals surface area contributed by atoms with Gasteiger partial charge in [0.05, 0.1) is 17.6 Å². The van der Waals surface area contributed by atoms with E-state index in [0.717, 1.165) is 43.4 Å². The van der Waals surface area contributed by atoms with Crippen molar-refractivity contribution in [3.63, 3.8) is 0 Å². The first kappa shape index (κ1) is 13.1. The summed E-state index contributed by atoms with van der Waals surface area (Å²) in [5.74, 6) is 0.820. The average Bonchev–Trinajstić information content (AvgIpc) is 2.48. The van der Waals surface area contributed by atoms with Crippen molar-refractivity contribution in [1.29, 1.82) is 0 Å². The number of aromatic nitrogens is 2. The van der Waals surface area contributed by atoms with E-state index in [1.54, 1.807) is 0 Å². The van der Waals surface area contributed by atoms with Crippen LogP contribution in [0.2, 0.25) is 0 Å². The van der Waals surface area contributed by atoms with Crippen LogP contribution in [0.1, 0.15) is 11.4 Å². The molecule has 3 rings (SSSR count). The van der Waals surface area contributed by atoms with Gasteiger partial charge in [-0.05, 0) is 19.9 Å². The molecule has 4 heteroatoms. The Morgan fingerprint density at radius 2 is 1.95 bits per heavy atom. The normalized spacial score (nSPS) is 15.4. The molecule has 1 aromatic carbocycles. The largest absolute Gasteiger partial charge is 0.366 e. The summed E-state index contributed by atoms with van der Waals surface area (Å²) in [6, 6.07) is 8.51. The zero-order valence-corrected chi connectivity index (χ0v) is 12.1. The highest BCUT2D eigenvalue weighted by molar-refractivity contribution is 5.75. The number of anilines is 1. The fourth-order valence-corrected chi connectivity index (χ4v) is 2.61. The zero-order chi connectivity index (χ0) is 13.9. The van der Waals surface area contributed by atoms with Gasteiger partial charge in [0, 0.05) is 31.7 Å². The number of nitrogens with one attached hydrogen (secondary N) is 1. The van der Waals surface area contributed by atoms with E-state index >= 15 is 0 Å². The summed E-state index contributed by atoms with van der Waals surface area (Å²) in [4.78, 5) is 11.4. The Kier molecular flexibility index (Phi) is 3.65. The lowest BCUT2D eigenvalue weighted by atomic mass is 10.1. The van der Waals surface area contributed by atoms with Crippen LogP contribution in [-0.2, 0) is 0 Å². The van der Waals surface area contributed by atoms with E-state index in [1.165, 1.54) is 11.1 Å². The molecule has 1 aliphatic heterocycles. The number of rotatable bonds is 2. The van der Waals surface area contributed by atoms with Crippen molar-refractivity contribution >= 4 is 5.69 Å². The van der Waals surface area contributed by atoms with Crippen LogP contribution in [0.5, 0.6) is 0 Å². The quantitative estimate of drug-likeness (QED) is 0.906. The third-order valence-electron chi connectivity index (χ3n) is 3.64. The van der Waals surface area contributed by atoms with Gasteiger partial charge in [0.25, 0.3) is 0 Å². The van der Waals surface area contributed by atoms with E-state index in [9.17, 15) is 0 Å². The summed E-state index contributed by atoms with van der Waals surface area (Å²) in [6.45, 7) is 8.10. The van der Waals surface area contributed by atoms with Crippen LogP contribution in [0.3, 0.4) is 0 Å². The predicted molar refractivity (Wildman–Crippen MR) is 82.0 cm³/mol. The summed E-state index contributed by atoms with van der Waals surface area (Å²) < 4.78 is 0. The lowest BCUT2D eigenvalue weighted by Gasteiger charge is -2.30. The van der Waals surface area contributed by atoms with Crippen LogP contribution in [-0.4, -0.2) is 36.1 Å². The van der Waals surface area contributed by atoms with E-state index in [-0.39, 0.29) is 0 Å². The maximum Gasteiger partial charge on any atom is 0.126 e. The number of aryl methyl sites for hydroxylation is 2. The molecular weight excluding hydrogens is 248 g/mol. The van der Waals surface area contributed by atoms with Gasteiger partial charge in [0.2, 0.25) is 0 Å². The first-order valence-corrected chi connectivity index (χ1v) is 7.10. The third kappa shape index (κ3) is 2.65. The molecule has 2 aromatic rings. The first-order valence-electron chi connectivity index (χ1n) is 7.10. The van der Waals surface area contributed by atoms with Crippen molar-refractivity contribution in [1.82, 2.24) is 15.3 Å². The highest BCUT2D eigenvalue weighted by Crippen LogP contribution is 2.29. The van der Waals surface area contributed by atoms with Crippen molar-refractivity contribution in [3.05, 3.63) is 41.9 Å². The Morgan fingerprint density at radius 3 is 2.70 bits per heavy atom. The van der Waals surface area contributed by atoms with Crippen LogP contribution < -0.4 is 10.2 Å². The van der Waals surface area contributed by atoms with Gasteiger partial charge in [-0.15, -0.1) is 0 Å². The Bertz CT molecular complexity index is 603. The van der Waals surface area contributed by atoms with E-state index in [4.69, 9.17) is 0 Å². The van der Waals surface area contributed by atoms with Crippen LogP contribution in [0.25, 0.3) is 11.3 Å². The second kappa shape index (κ2) is 5.59. The monoisotopic (exact) mass is 268 g/mol. The van der Waals surface area contributed by atoms with Gasteiger partial charge in [-0.25, -0.2) is 9.97 Å². The van der Waals surface area contributed by atoms with E-state index in [2.05, 4.69) is 51.4 Å². The number of hydrogen-bond donors (Lipinski definition) is 1. The highest BCUT2D eigenvalue weighted by atomic mass is 15.2. The van der Waals surface area contributed by atoms with Gasteiger partial charge in [-0.2, -0.15) is 0 Å². The van der Waals surface area contributed by atoms with Crippen molar-refractivity contribution in [2.75, 3.05) is 31.1 Å². The molecule has 104 valence electrons. The van der Waals surface area contributed by atoms with E-state index < -0.39 is 0 Å². The molecule has 1 saturated heterocycles. The molecule has 0 amide bonds. The molecular formula is C16H20N4. The molecule has 1 aromatic heterocycles. The number of nitrogens with zero attached hydrogens (tertiary/aromatic N) is 3. The van der Waals surface area contributed by atoms with Crippen molar-refractivity contribution in [2.45, 2.75) is 13.8 Å². The second-order valence-electron chi connectivity index (χ2n) is 5.26. The minimum absolute atomic E-state index is 0.820. The molecule has 2 heterocycles. The third-order valence-corrected chi connectivity index (χ3v) is 3.64. The fourth-order valence-electron chi connectivity index (χ4n) is 2.61. The molecule has 0 saturated carbocycles. The van der Waals surface area contributed by atoms with E-state index in [0.29, 0.717) is 0 Å². The number of piperazine rings is 1. The summed E-state index contributed by atoms with van der Waals surface area (Å²) in [5.41, 5.74) is 4.61. The minimum Gasteiger partial charge on any atom is -0.366 e. The molecule has 0 aliphatic carbocycles. The molecule has 0 bridgehead atoms. The molecule has 1 aliphatic rings. The molecule has 4 nitrogen and oxygen atoms in total. The summed E-state index contributed by atoms with van der Waals surface area (Å²) in [7, 11) is 0. The Balaban J connectivity index is 2.06. The average molecular weight is 268 g/mol. The van der Waals surface area contributed by atoms with Gasteiger partial charge in [-0.3, -0.25) is 0 Å². The maximum atomic E-state index is 4.69. The lowest BCUT2D eigenvalue weighted by Crippen LogP contribution is -2.43. The standard InChI is InChI=1S/C16H20N4/c1-12-4-3-5-14(10-12)16-15(11-18-13(2)19-16)20-8-6-17-7-9-20/h3-5,10-11,17H,6-9H2,1-2H3. The summed E-state index contributed by atoms with van der Waals surface area (Å²) in [5, 5.41) is 3.38. The van der Waals surface area contributed by atoms with Crippen LogP contribution >= 0.6 is 0 Å². The topological polar surface area (TPSA) is 41.1 Å². The number of benzene rings is 1. The smallest absolute Gasteiger partial charge is 0.126 e. The maximum absolute atomic E-state index is 4.69. The molecule has 0 radical (unpaired) electrons. The van der Waals surface area contributed by atoms with Gasteiger partial charge >= 0.3 is 0 Å². The molecule has 1 N–H and O–H groups in total. The van der Waals surface area contributed by atoms with Crippen LogP contribution in [0.15, 0.2) is 30.5 Å².